The maximum absolute atomic E-state index is 11.9. The number of carbonyl (C=O) groups is 2. The number of rotatable bonds is 8. The average molecular weight is 390 g/mol. The molecule has 0 saturated heterocycles. The van der Waals surface area contributed by atoms with E-state index in [0.29, 0.717) is 22.9 Å². The van der Waals surface area contributed by atoms with Gasteiger partial charge in [0.15, 0.2) is 0 Å². The minimum absolute atomic E-state index is 0.120. The van der Waals surface area contributed by atoms with Gasteiger partial charge in [0.05, 0.1) is 6.42 Å². The Kier molecular flexibility index (Phi) is 8.18. The molecule has 0 unspecified atom stereocenters. The fraction of sp³-hybridized carbons (Fsp3) is 0.211. The van der Waals surface area contributed by atoms with E-state index in [9.17, 15) is 9.59 Å². The predicted molar refractivity (Wildman–Crippen MR) is 108 cm³/mol. The lowest BCUT2D eigenvalue weighted by molar-refractivity contribution is -0.120. The van der Waals surface area contributed by atoms with Gasteiger partial charge < -0.3 is 5.32 Å². The highest BCUT2D eigenvalue weighted by Crippen LogP contribution is 2.20. The fourth-order valence-corrected chi connectivity index (χ4v) is 2.98. The molecule has 0 aromatic heterocycles. The van der Waals surface area contributed by atoms with Crippen LogP contribution in [-0.2, 0) is 9.59 Å². The van der Waals surface area contributed by atoms with Crippen LogP contribution in [0.5, 0.6) is 0 Å². The summed E-state index contributed by atoms with van der Waals surface area (Å²) < 4.78 is 0. The van der Waals surface area contributed by atoms with Gasteiger partial charge in [-0.1, -0.05) is 29.8 Å². The number of nitrogens with one attached hydrogen (secondary N) is 2. The van der Waals surface area contributed by atoms with E-state index in [0.717, 1.165) is 10.6 Å². The summed E-state index contributed by atoms with van der Waals surface area (Å²) in [6.45, 7) is 1.70. The van der Waals surface area contributed by atoms with Crippen molar-refractivity contribution in [3.05, 3.63) is 59.6 Å². The van der Waals surface area contributed by atoms with Crippen LogP contribution >= 0.6 is 23.4 Å². The number of hydrogen-bond donors (Lipinski definition) is 2. The molecular formula is C19H20ClN3O2S. The smallest absolute Gasteiger partial charge is 0.240 e. The van der Waals surface area contributed by atoms with Gasteiger partial charge in [-0.05, 0) is 43.3 Å². The number of hydrogen-bond acceptors (Lipinski definition) is 4. The lowest BCUT2D eigenvalue weighted by Gasteiger charge is -2.05. The molecule has 0 saturated carbocycles. The molecule has 0 aliphatic carbocycles. The predicted octanol–water partition coefficient (Wildman–Crippen LogP) is 4.34. The SMILES string of the molecule is C/C(CC(=O)Nc1ccccc1)=N\NC(=O)CCSc1ccc(Cl)cc1. The number of hydrazone groups is 1. The molecular weight excluding hydrogens is 370 g/mol. The zero-order chi connectivity index (χ0) is 18.8. The second-order valence-corrected chi connectivity index (χ2v) is 7.13. The highest BCUT2D eigenvalue weighted by Gasteiger charge is 2.06. The van der Waals surface area contributed by atoms with Crippen molar-refractivity contribution in [2.24, 2.45) is 5.10 Å². The summed E-state index contributed by atoms with van der Waals surface area (Å²) >= 11 is 7.40. The minimum Gasteiger partial charge on any atom is -0.326 e. The number of nitrogens with zero attached hydrogens (tertiary/aromatic N) is 1. The number of carbonyl (C=O) groups excluding carboxylic acids is 2. The Morgan fingerprint density at radius 1 is 1.04 bits per heavy atom. The van der Waals surface area contributed by atoms with E-state index in [1.54, 1.807) is 18.7 Å². The summed E-state index contributed by atoms with van der Waals surface area (Å²) in [6.07, 6.45) is 0.453. The Labute approximate surface area is 162 Å². The summed E-state index contributed by atoms with van der Waals surface area (Å²) in [7, 11) is 0. The standard InChI is InChI=1S/C19H20ClN3O2S/c1-14(13-19(25)21-16-5-3-2-4-6-16)22-23-18(24)11-12-26-17-9-7-15(20)8-10-17/h2-10H,11-13H2,1H3,(H,21,25)(H,23,24)/b22-14+. The quantitative estimate of drug-likeness (QED) is 0.400. The third-order valence-corrected chi connectivity index (χ3v) is 4.52. The van der Waals surface area contributed by atoms with Gasteiger partial charge in [-0.3, -0.25) is 9.59 Å². The van der Waals surface area contributed by atoms with Crippen molar-refractivity contribution >= 4 is 46.6 Å². The van der Waals surface area contributed by atoms with Crippen LogP contribution < -0.4 is 10.7 Å². The van der Waals surface area contributed by atoms with Gasteiger partial charge in [-0.15, -0.1) is 11.8 Å². The van der Waals surface area contributed by atoms with Crippen molar-refractivity contribution in [2.75, 3.05) is 11.1 Å². The number of para-hydroxylation sites is 1. The van der Waals surface area contributed by atoms with Crippen molar-refractivity contribution in [3.63, 3.8) is 0 Å². The molecule has 2 amide bonds. The topological polar surface area (TPSA) is 70.6 Å². The van der Waals surface area contributed by atoms with Crippen LogP contribution in [0.2, 0.25) is 5.02 Å². The molecule has 5 nitrogen and oxygen atoms in total. The third kappa shape index (κ3) is 7.72. The Hall–Kier alpha value is -2.31. The van der Waals surface area contributed by atoms with Crippen LogP contribution in [0.3, 0.4) is 0 Å². The van der Waals surface area contributed by atoms with Crippen molar-refractivity contribution in [3.8, 4) is 0 Å². The van der Waals surface area contributed by atoms with Crippen molar-refractivity contribution in [1.29, 1.82) is 0 Å². The second kappa shape index (κ2) is 10.6. The number of benzene rings is 2. The maximum atomic E-state index is 11.9. The first-order valence-corrected chi connectivity index (χ1v) is 9.44. The molecule has 0 atom stereocenters. The molecule has 2 aromatic carbocycles. The van der Waals surface area contributed by atoms with Crippen LogP contribution in [-0.4, -0.2) is 23.3 Å². The maximum Gasteiger partial charge on any atom is 0.240 e. The van der Waals surface area contributed by atoms with E-state index >= 15 is 0 Å². The van der Waals surface area contributed by atoms with E-state index < -0.39 is 0 Å². The monoisotopic (exact) mass is 389 g/mol. The summed E-state index contributed by atoms with van der Waals surface area (Å²) in [5, 5.41) is 7.43. The van der Waals surface area contributed by atoms with Crippen LogP contribution in [0, 0.1) is 0 Å². The molecule has 0 radical (unpaired) electrons. The number of halogens is 1. The molecule has 0 fully saturated rings. The lowest BCUT2D eigenvalue weighted by Crippen LogP contribution is -2.21. The van der Waals surface area contributed by atoms with Crippen LogP contribution in [0.25, 0.3) is 0 Å². The summed E-state index contributed by atoms with van der Waals surface area (Å²) in [5.41, 5.74) is 3.75. The first-order chi connectivity index (χ1) is 12.5. The van der Waals surface area contributed by atoms with Crippen LogP contribution in [0.15, 0.2) is 64.6 Å². The average Bonchev–Trinajstić information content (AvgIpc) is 2.62. The first kappa shape index (κ1) is 20.0. The van der Waals surface area contributed by atoms with Gasteiger partial charge in [0.1, 0.15) is 0 Å². The normalized spacial score (nSPS) is 11.1. The summed E-state index contributed by atoms with van der Waals surface area (Å²) in [4.78, 5) is 24.8. The number of amides is 2. The molecule has 2 rings (SSSR count). The van der Waals surface area contributed by atoms with E-state index in [1.165, 1.54) is 0 Å². The van der Waals surface area contributed by atoms with E-state index in [4.69, 9.17) is 11.6 Å². The third-order valence-electron chi connectivity index (χ3n) is 3.26. The molecule has 0 heterocycles. The molecule has 0 spiro atoms. The first-order valence-electron chi connectivity index (χ1n) is 8.08. The Morgan fingerprint density at radius 2 is 1.73 bits per heavy atom. The molecule has 0 aliphatic rings. The highest BCUT2D eigenvalue weighted by atomic mass is 35.5. The van der Waals surface area contributed by atoms with Gasteiger partial charge in [-0.25, -0.2) is 5.43 Å². The van der Waals surface area contributed by atoms with Gasteiger partial charge in [0, 0.05) is 33.5 Å². The zero-order valence-corrected chi connectivity index (χ0v) is 15.9. The molecule has 2 aromatic rings. The largest absolute Gasteiger partial charge is 0.326 e. The van der Waals surface area contributed by atoms with Crippen LogP contribution in [0.4, 0.5) is 5.69 Å². The molecule has 7 heteroatoms. The van der Waals surface area contributed by atoms with Crippen molar-refractivity contribution in [2.45, 2.75) is 24.7 Å². The minimum atomic E-state index is -0.186. The van der Waals surface area contributed by atoms with Gasteiger partial charge in [0.2, 0.25) is 11.8 Å². The molecule has 2 N–H and O–H groups in total. The summed E-state index contributed by atoms with van der Waals surface area (Å²) in [6, 6.07) is 16.7. The Balaban J connectivity index is 1.67. The molecule has 0 bridgehead atoms. The highest BCUT2D eigenvalue weighted by molar-refractivity contribution is 7.99. The summed E-state index contributed by atoms with van der Waals surface area (Å²) in [5.74, 6) is 0.274. The second-order valence-electron chi connectivity index (χ2n) is 5.53. The van der Waals surface area contributed by atoms with Gasteiger partial charge in [0.25, 0.3) is 0 Å². The Bertz CT molecular complexity index is 764. The fourth-order valence-electron chi connectivity index (χ4n) is 2.00. The molecule has 0 aliphatic heterocycles. The number of thioether (sulfide) groups is 1. The molecule has 136 valence electrons. The number of anilines is 1. The van der Waals surface area contributed by atoms with Gasteiger partial charge in [-0.2, -0.15) is 5.10 Å². The van der Waals surface area contributed by atoms with E-state index in [1.807, 2.05) is 54.6 Å². The van der Waals surface area contributed by atoms with Crippen LogP contribution in [0.1, 0.15) is 19.8 Å². The lowest BCUT2D eigenvalue weighted by atomic mass is 10.2. The van der Waals surface area contributed by atoms with Gasteiger partial charge >= 0.3 is 0 Å². The van der Waals surface area contributed by atoms with E-state index in [2.05, 4.69) is 15.8 Å². The Morgan fingerprint density at radius 3 is 2.42 bits per heavy atom. The van der Waals surface area contributed by atoms with E-state index in [-0.39, 0.29) is 18.2 Å². The molecule has 26 heavy (non-hydrogen) atoms. The van der Waals surface area contributed by atoms with Crippen molar-refractivity contribution in [1.82, 2.24) is 5.43 Å². The van der Waals surface area contributed by atoms with Crippen molar-refractivity contribution < 1.29 is 9.59 Å². The zero-order valence-electron chi connectivity index (χ0n) is 14.4.